The number of aliphatic imine (C=N–C) groups is 1. The lowest BCUT2D eigenvalue weighted by molar-refractivity contribution is 0.0165. The van der Waals surface area contributed by atoms with Crippen LogP contribution in [-0.2, 0) is 14.2 Å². The van der Waals surface area contributed by atoms with Gasteiger partial charge in [-0.2, -0.15) is 0 Å². The third kappa shape index (κ3) is 7.50. The molecule has 2 unspecified atom stereocenters. The fourth-order valence-corrected chi connectivity index (χ4v) is 3.85. The predicted octanol–water partition coefficient (Wildman–Crippen LogP) is 1.95. The predicted molar refractivity (Wildman–Crippen MR) is 115 cm³/mol. The highest BCUT2D eigenvalue weighted by atomic mass is 19.1. The Hall–Kier alpha value is -1.74. The SMILES string of the molecule is CN=C(NCCCOCC1CCCO1)NCC(c1cccc(F)c1)N1CCOCC1. The van der Waals surface area contributed by atoms with Gasteiger partial charge in [0.1, 0.15) is 5.82 Å². The maximum atomic E-state index is 13.8. The quantitative estimate of drug-likeness (QED) is 0.341. The highest BCUT2D eigenvalue weighted by molar-refractivity contribution is 5.79. The highest BCUT2D eigenvalue weighted by Gasteiger charge is 2.23. The molecule has 1 aromatic carbocycles. The summed E-state index contributed by atoms with van der Waals surface area (Å²) in [6.07, 6.45) is 3.40. The molecule has 0 saturated carbocycles. The molecule has 2 atom stereocenters. The summed E-state index contributed by atoms with van der Waals surface area (Å²) >= 11 is 0. The maximum Gasteiger partial charge on any atom is 0.191 e. The molecule has 8 heteroatoms. The molecule has 0 aromatic heterocycles. The van der Waals surface area contributed by atoms with E-state index in [0.717, 1.165) is 57.0 Å². The largest absolute Gasteiger partial charge is 0.379 e. The molecule has 2 N–H and O–H groups in total. The number of hydrogen-bond donors (Lipinski definition) is 2. The van der Waals surface area contributed by atoms with Gasteiger partial charge in [-0.3, -0.25) is 9.89 Å². The molecule has 3 rings (SSSR count). The van der Waals surface area contributed by atoms with Crippen LogP contribution in [0.5, 0.6) is 0 Å². The van der Waals surface area contributed by atoms with E-state index >= 15 is 0 Å². The summed E-state index contributed by atoms with van der Waals surface area (Å²) in [5, 5.41) is 6.72. The Balaban J connectivity index is 1.42. The standard InChI is InChI=1S/C22H35FN4O3/c1-24-22(25-8-4-11-29-17-20-7-3-12-30-20)26-16-21(27-9-13-28-14-10-27)18-5-2-6-19(23)15-18/h2,5-6,15,20-21H,3-4,7-14,16-17H2,1H3,(H2,24,25,26). The van der Waals surface area contributed by atoms with Crippen molar-refractivity contribution in [3.63, 3.8) is 0 Å². The van der Waals surface area contributed by atoms with Crippen molar-refractivity contribution < 1.29 is 18.6 Å². The molecule has 30 heavy (non-hydrogen) atoms. The van der Waals surface area contributed by atoms with Crippen LogP contribution in [0.2, 0.25) is 0 Å². The number of rotatable bonds is 10. The second-order valence-electron chi connectivity index (χ2n) is 7.66. The first kappa shape index (κ1) is 22.9. The van der Waals surface area contributed by atoms with Crippen molar-refractivity contribution in [1.29, 1.82) is 0 Å². The summed E-state index contributed by atoms with van der Waals surface area (Å²) < 4.78 is 30.5. The number of hydrogen-bond acceptors (Lipinski definition) is 5. The van der Waals surface area contributed by atoms with E-state index in [1.54, 1.807) is 19.2 Å². The van der Waals surface area contributed by atoms with E-state index in [4.69, 9.17) is 14.2 Å². The number of nitrogens with zero attached hydrogens (tertiary/aromatic N) is 2. The van der Waals surface area contributed by atoms with E-state index in [1.807, 2.05) is 6.07 Å². The monoisotopic (exact) mass is 422 g/mol. The van der Waals surface area contributed by atoms with Crippen LogP contribution in [0.3, 0.4) is 0 Å². The van der Waals surface area contributed by atoms with Gasteiger partial charge in [-0.15, -0.1) is 0 Å². The van der Waals surface area contributed by atoms with E-state index in [2.05, 4.69) is 20.5 Å². The molecule has 168 valence electrons. The first-order valence-electron chi connectivity index (χ1n) is 11.0. The number of benzene rings is 1. The minimum atomic E-state index is -0.212. The smallest absolute Gasteiger partial charge is 0.191 e. The minimum Gasteiger partial charge on any atom is -0.379 e. The van der Waals surface area contributed by atoms with Gasteiger partial charge in [0.25, 0.3) is 0 Å². The van der Waals surface area contributed by atoms with Crippen molar-refractivity contribution in [2.75, 3.05) is 66.3 Å². The Labute approximate surface area is 179 Å². The van der Waals surface area contributed by atoms with Crippen LogP contribution in [0.25, 0.3) is 0 Å². The van der Waals surface area contributed by atoms with Crippen molar-refractivity contribution >= 4 is 5.96 Å². The van der Waals surface area contributed by atoms with Gasteiger partial charge in [0.2, 0.25) is 0 Å². The lowest BCUT2D eigenvalue weighted by Gasteiger charge is -2.35. The second-order valence-corrected chi connectivity index (χ2v) is 7.66. The van der Waals surface area contributed by atoms with Crippen LogP contribution in [-0.4, -0.2) is 83.2 Å². The summed E-state index contributed by atoms with van der Waals surface area (Å²) in [7, 11) is 1.76. The van der Waals surface area contributed by atoms with Crippen molar-refractivity contribution in [3.05, 3.63) is 35.6 Å². The molecular formula is C22H35FN4O3. The third-order valence-electron chi connectivity index (χ3n) is 5.49. The Bertz CT molecular complexity index is 649. The van der Waals surface area contributed by atoms with Gasteiger partial charge < -0.3 is 24.8 Å². The minimum absolute atomic E-state index is 0.0536. The van der Waals surface area contributed by atoms with Gasteiger partial charge in [-0.05, 0) is 37.0 Å². The fraction of sp³-hybridized carbons (Fsp3) is 0.682. The van der Waals surface area contributed by atoms with Gasteiger partial charge >= 0.3 is 0 Å². The molecule has 0 bridgehead atoms. The zero-order chi connectivity index (χ0) is 21.0. The van der Waals surface area contributed by atoms with Crippen LogP contribution in [0, 0.1) is 5.82 Å². The normalized spacial score (nSPS) is 21.5. The number of ether oxygens (including phenoxy) is 3. The Kier molecular flexibility index (Phi) is 9.82. The number of guanidine groups is 1. The first-order valence-corrected chi connectivity index (χ1v) is 11.0. The van der Waals surface area contributed by atoms with Gasteiger partial charge in [0.05, 0.1) is 32.0 Å². The van der Waals surface area contributed by atoms with Crippen molar-refractivity contribution in [2.45, 2.75) is 31.4 Å². The summed E-state index contributed by atoms with van der Waals surface area (Å²) in [4.78, 5) is 6.64. The summed E-state index contributed by atoms with van der Waals surface area (Å²) in [6, 6.07) is 6.89. The molecule has 2 heterocycles. The van der Waals surface area contributed by atoms with E-state index in [9.17, 15) is 4.39 Å². The molecule has 0 aliphatic carbocycles. The Morgan fingerprint density at radius 3 is 2.90 bits per heavy atom. The van der Waals surface area contributed by atoms with Crippen LogP contribution in [0.4, 0.5) is 4.39 Å². The average molecular weight is 423 g/mol. The van der Waals surface area contributed by atoms with Crippen LogP contribution < -0.4 is 10.6 Å². The highest BCUT2D eigenvalue weighted by Crippen LogP contribution is 2.22. The number of morpholine rings is 1. The molecular weight excluding hydrogens is 387 g/mol. The van der Waals surface area contributed by atoms with E-state index in [1.165, 1.54) is 6.07 Å². The molecule has 7 nitrogen and oxygen atoms in total. The van der Waals surface area contributed by atoms with Crippen molar-refractivity contribution in [1.82, 2.24) is 15.5 Å². The summed E-state index contributed by atoms with van der Waals surface area (Å²) in [6.45, 7) is 6.71. The Morgan fingerprint density at radius 1 is 1.30 bits per heavy atom. The summed E-state index contributed by atoms with van der Waals surface area (Å²) in [5.74, 6) is 0.528. The number of nitrogens with one attached hydrogen (secondary N) is 2. The number of halogens is 1. The van der Waals surface area contributed by atoms with Gasteiger partial charge in [-0.1, -0.05) is 12.1 Å². The topological polar surface area (TPSA) is 67.4 Å². The molecule has 2 aliphatic heterocycles. The third-order valence-corrected chi connectivity index (χ3v) is 5.49. The van der Waals surface area contributed by atoms with Crippen LogP contribution >= 0.6 is 0 Å². The first-order chi connectivity index (χ1) is 14.8. The summed E-state index contributed by atoms with van der Waals surface area (Å²) in [5.41, 5.74) is 0.961. The molecule has 1 aromatic rings. The van der Waals surface area contributed by atoms with Gasteiger partial charge in [0, 0.05) is 46.4 Å². The van der Waals surface area contributed by atoms with E-state index in [-0.39, 0.29) is 18.0 Å². The second kappa shape index (κ2) is 12.8. The molecule has 2 fully saturated rings. The molecule has 2 saturated heterocycles. The van der Waals surface area contributed by atoms with Gasteiger partial charge in [0.15, 0.2) is 5.96 Å². The zero-order valence-electron chi connectivity index (χ0n) is 17.9. The lowest BCUT2D eigenvalue weighted by Crippen LogP contribution is -2.46. The van der Waals surface area contributed by atoms with E-state index in [0.29, 0.717) is 33.0 Å². The molecule has 0 amide bonds. The van der Waals surface area contributed by atoms with Crippen LogP contribution in [0.15, 0.2) is 29.3 Å². The Morgan fingerprint density at radius 2 is 2.17 bits per heavy atom. The molecule has 0 spiro atoms. The fourth-order valence-electron chi connectivity index (χ4n) is 3.85. The van der Waals surface area contributed by atoms with Crippen molar-refractivity contribution in [2.24, 2.45) is 4.99 Å². The molecule has 0 radical (unpaired) electrons. The lowest BCUT2D eigenvalue weighted by atomic mass is 10.0. The van der Waals surface area contributed by atoms with Gasteiger partial charge in [-0.25, -0.2) is 4.39 Å². The zero-order valence-corrected chi connectivity index (χ0v) is 17.9. The average Bonchev–Trinajstić information content (AvgIpc) is 3.29. The van der Waals surface area contributed by atoms with E-state index < -0.39 is 0 Å². The molecule has 2 aliphatic rings. The maximum absolute atomic E-state index is 13.8. The van der Waals surface area contributed by atoms with Crippen LogP contribution in [0.1, 0.15) is 30.9 Å². The van der Waals surface area contributed by atoms with Crippen molar-refractivity contribution in [3.8, 4) is 0 Å².